The van der Waals surface area contributed by atoms with E-state index in [0.29, 0.717) is 31.2 Å². The van der Waals surface area contributed by atoms with Gasteiger partial charge < -0.3 is 45.0 Å². The van der Waals surface area contributed by atoms with Crippen LogP contribution in [0.25, 0.3) is 33.6 Å². The number of rotatable bonds is 13. The van der Waals surface area contributed by atoms with Gasteiger partial charge in [-0.3, -0.25) is 14.6 Å². The Morgan fingerprint density at radius 2 is 1.33 bits per heavy atom. The summed E-state index contributed by atoms with van der Waals surface area (Å²) >= 11 is 0. The van der Waals surface area contributed by atoms with Crippen LogP contribution < -0.4 is 11.1 Å². The number of primary amides is 1. The van der Waals surface area contributed by atoms with E-state index in [2.05, 4.69) is 42.4 Å². The van der Waals surface area contributed by atoms with Crippen molar-refractivity contribution >= 4 is 24.0 Å². The lowest BCUT2D eigenvalue weighted by Gasteiger charge is -2.30. The molecular weight excluding hydrogens is 743 g/mol. The predicted molar refractivity (Wildman–Crippen MR) is 213 cm³/mol. The summed E-state index contributed by atoms with van der Waals surface area (Å²) < 4.78 is 15.4. The molecule has 0 bridgehead atoms. The molecule has 7 rings (SSSR count). The molecule has 0 unspecified atom stereocenters. The third-order valence-electron chi connectivity index (χ3n) is 10.9. The monoisotopic (exact) mass is 789 g/mol. The molecule has 302 valence electrons. The van der Waals surface area contributed by atoms with E-state index >= 15 is 0 Å². The third kappa shape index (κ3) is 8.71. The topological polar surface area (TPSA) is 211 Å². The summed E-state index contributed by atoms with van der Waals surface area (Å²) in [7, 11) is 2.75. The molecule has 2 aromatic carbocycles. The highest BCUT2D eigenvalue weighted by Gasteiger charge is 2.39. The van der Waals surface area contributed by atoms with Crippen molar-refractivity contribution in [3.05, 3.63) is 103 Å². The molecule has 0 saturated carbocycles. The molecule has 2 saturated heterocycles. The molecule has 5 N–H and O–H groups in total. The van der Waals surface area contributed by atoms with Crippen molar-refractivity contribution < 1.29 is 33.4 Å². The van der Waals surface area contributed by atoms with Crippen molar-refractivity contribution in [1.82, 2.24) is 40.0 Å². The molecule has 3 aromatic heterocycles. The highest BCUT2D eigenvalue weighted by atomic mass is 16.6. The van der Waals surface area contributed by atoms with Crippen LogP contribution in [0.3, 0.4) is 0 Å². The Morgan fingerprint density at radius 3 is 1.81 bits per heavy atom. The van der Waals surface area contributed by atoms with Crippen LogP contribution in [0.2, 0.25) is 0 Å². The summed E-state index contributed by atoms with van der Waals surface area (Å²) in [5, 5.41) is 2.62. The molecular formula is C42H47N9O7. The summed E-state index contributed by atoms with van der Waals surface area (Å²) in [6, 6.07) is 18.4. The highest BCUT2D eigenvalue weighted by Crippen LogP contribution is 2.35. The molecule has 2 aliphatic heterocycles. The standard InChI is InChI=1S/C42H47N9O7/c1-25(56-2)36(49-42(55)57-3)40(53)51-20-6-9-34(51)38-46-24-32(48-38)30-16-12-28(13-17-30)27-10-14-29(15-11-27)31-23-45-37(47-31)33-8-5-19-50(33)39(52)35(58-41(43)54)21-26-7-4-18-44-22-26/h4,7,10-18,22-25,33-36H,5-6,8-9,19-21H2,1-3H3,(H2,43,54)(H,45,47)(H,46,48)(H,49,55)/t25-,33+,34+,35+,36+/m1/s1. The Morgan fingerprint density at radius 1 is 0.793 bits per heavy atom. The number of nitrogens with zero attached hydrogens (tertiary/aromatic N) is 5. The van der Waals surface area contributed by atoms with Crippen molar-refractivity contribution in [1.29, 1.82) is 0 Å². The van der Waals surface area contributed by atoms with Gasteiger partial charge in [0.05, 0.1) is 49.1 Å². The van der Waals surface area contributed by atoms with Crippen LogP contribution >= 0.6 is 0 Å². The molecule has 0 radical (unpaired) electrons. The molecule has 2 aliphatic rings. The fourth-order valence-corrected chi connectivity index (χ4v) is 7.74. The fourth-order valence-electron chi connectivity index (χ4n) is 7.74. The minimum absolute atomic E-state index is 0.166. The van der Waals surface area contributed by atoms with E-state index < -0.39 is 30.4 Å². The van der Waals surface area contributed by atoms with Crippen LogP contribution in [0.4, 0.5) is 9.59 Å². The number of nitrogens with one attached hydrogen (secondary N) is 3. The zero-order valence-corrected chi connectivity index (χ0v) is 32.6. The smallest absolute Gasteiger partial charge is 0.407 e. The van der Waals surface area contributed by atoms with Crippen LogP contribution in [0.1, 0.15) is 61.9 Å². The number of alkyl carbamates (subject to hydrolysis) is 1. The van der Waals surface area contributed by atoms with E-state index in [1.54, 1.807) is 47.6 Å². The maximum Gasteiger partial charge on any atom is 0.407 e. The number of aromatic nitrogens is 5. The van der Waals surface area contributed by atoms with Crippen LogP contribution in [0.5, 0.6) is 0 Å². The lowest BCUT2D eigenvalue weighted by molar-refractivity contribution is -0.141. The Kier molecular flexibility index (Phi) is 12.1. The number of carbonyl (C=O) groups excluding carboxylic acids is 4. The van der Waals surface area contributed by atoms with E-state index in [-0.39, 0.29) is 30.3 Å². The first-order valence-corrected chi connectivity index (χ1v) is 19.3. The van der Waals surface area contributed by atoms with Gasteiger partial charge in [-0.05, 0) is 66.5 Å². The minimum atomic E-state index is -1.07. The number of pyridine rings is 1. The zero-order valence-electron chi connectivity index (χ0n) is 32.6. The van der Waals surface area contributed by atoms with Gasteiger partial charge in [-0.15, -0.1) is 0 Å². The summed E-state index contributed by atoms with van der Waals surface area (Å²) in [6.45, 7) is 2.77. The number of methoxy groups -OCH3 is 2. The Balaban J connectivity index is 0.999. The van der Waals surface area contributed by atoms with Crippen molar-refractivity contribution in [2.75, 3.05) is 27.3 Å². The number of hydrogen-bond acceptors (Lipinski definition) is 10. The summed E-state index contributed by atoms with van der Waals surface area (Å²) in [5.41, 5.74) is 11.7. The van der Waals surface area contributed by atoms with Crippen molar-refractivity contribution in [2.45, 2.75) is 69.4 Å². The van der Waals surface area contributed by atoms with Gasteiger partial charge in [0.25, 0.3) is 5.91 Å². The van der Waals surface area contributed by atoms with Crippen LogP contribution in [0.15, 0.2) is 85.5 Å². The molecule has 0 spiro atoms. The number of H-pyrrole nitrogens is 2. The average molecular weight is 790 g/mol. The molecule has 0 aliphatic carbocycles. The van der Waals surface area contributed by atoms with Gasteiger partial charge in [0.15, 0.2) is 6.10 Å². The number of nitrogens with two attached hydrogens (primary N) is 1. The van der Waals surface area contributed by atoms with Gasteiger partial charge in [-0.25, -0.2) is 19.6 Å². The molecule has 4 amide bonds. The Labute approximate surface area is 335 Å². The number of ether oxygens (including phenoxy) is 3. The molecule has 16 nitrogen and oxygen atoms in total. The first-order chi connectivity index (χ1) is 28.1. The number of imidazole rings is 2. The zero-order chi connectivity index (χ0) is 40.8. The maximum atomic E-state index is 13.7. The van der Waals surface area contributed by atoms with E-state index in [4.69, 9.17) is 19.9 Å². The number of carbonyl (C=O) groups is 4. The van der Waals surface area contributed by atoms with Crippen molar-refractivity contribution in [2.24, 2.45) is 5.73 Å². The second kappa shape index (κ2) is 17.7. The van der Waals surface area contributed by atoms with Crippen LogP contribution in [-0.4, -0.2) is 104 Å². The van der Waals surface area contributed by atoms with Crippen molar-refractivity contribution in [3.8, 4) is 33.6 Å². The quantitative estimate of drug-likeness (QED) is 0.121. The fraction of sp³-hybridized carbons (Fsp3) is 0.357. The second-order valence-electron chi connectivity index (χ2n) is 14.4. The minimum Gasteiger partial charge on any atom is -0.453 e. The number of hydrogen-bond donors (Lipinski definition) is 4. The van der Waals surface area contributed by atoms with Gasteiger partial charge in [0.2, 0.25) is 5.91 Å². The maximum absolute atomic E-state index is 13.7. The predicted octanol–water partition coefficient (Wildman–Crippen LogP) is 5.32. The Hall–Kier alpha value is -6.55. The van der Waals surface area contributed by atoms with Gasteiger partial charge in [0.1, 0.15) is 17.7 Å². The molecule has 58 heavy (non-hydrogen) atoms. The summed E-state index contributed by atoms with van der Waals surface area (Å²) in [5.74, 6) is 0.764. The SMILES string of the molecule is COC(=O)N[C@H](C(=O)N1CCC[C@H]1c1ncc(-c2ccc(-c3ccc(-c4cnc([C@@H]5CCCN5C(=O)[C@H](Cc5cccnc5)OC(N)=O)[nH]4)cc3)cc2)[nH]1)[C@@H](C)OC. The van der Waals surface area contributed by atoms with E-state index in [0.717, 1.165) is 58.5 Å². The van der Waals surface area contributed by atoms with Crippen molar-refractivity contribution in [3.63, 3.8) is 0 Å². The van der Waals surface area contributed by atoms with Gasteiger partial charge in [-0.2, -0.15) is 0 Å². The lowest BCUT2D eigenvalue weighted by Crippen LogP contribution is -2.54. The molecule has 5 aromatic rings. The van der Waals surface area contributed by atoms with Gasteiger partial charge in [-0.1, -0.05) is 54.6 Å². The van der Waals surface area contributed by atoms with Crippen LogP contribution in [0, 0.1) is 0 Å². The van der Waals surface area contributed by atoms with E-state index in [1.165, 1.54) is 14.2 Å². The number of likely N-dealkylation sites (tertiary alicyclic amines) is 2. The van der Waals surface area contributed by atoms with Crippen LogP contribution in [-0.2, 0) is 30.2 Å². The molecule has 5 heterocycles. The number of aromatic amines is 2. The number of amides is 4. The first kappa shape index (κ1) is 39.7. The molecule has 5 atom stereocenters. The first-order valence-electron chi connectivity index (χ1n) is 19.3. The van der Waals surface area contributed by atoms with Gasteiger partial charge in [0, 0.05) is 39.0 Å². The summed E-state index contributed by atoms with van der Waals surface area (Å²) in [4.78, 5) is 74.7. The normalized spacial score (nSPS) is 18.1. The van der Waals surface area contributed by atoms with E-state index in [1.807, 2.05) is 42.5 Å². The highest BCUT2D eigenvalue weighted by molar-refractivity contribution is 5.87. The third-order valence-corrected chi connectivity index (χ3v) is 10.9. The second-order valence-corrected chi connectivity index (χ2v) is 14.4. The largest absolute Gasteiger partial charge is 0.453 e. The van der Waals surface area contributed by atoms with Gasteiger partial charge >= 0.3 is 12.2 Å². The molecule has 2 fully saturated rings. The molecule has 16 heteroatoms. The Bertz CT molecular complexity index is 2210. The average Bonchev–Trinajstić information content (AvgIpc) is 4.09. The van der Waals surface area contributed by atoms with E-state index in [9.17, 15) is 19.2 Å². The lowest BCUT2D eigenvalue weighted by atomic mass is 10.0. The summed E-state index contributed by atoms with van der Waals surface area (Å²) in [6.07, 6.45) is 6.68. The number of benzene rings is 2.